The van der Waals surface area contributed by atoms with E-state index >= 15 is 0 Å². The molecule has 2 atom stereocenters. The van der Waals surface area contributed by atoms with Crippen LogP contribution < -0.4 is 5.32 Å². The van der Waals surface area contributed by atoms with Crippen molar-refractivity contribution in [2.75, 3.05) is 6.54 Å². The van der Waals surface area contributed by atoms with Crippen molar-refractivity contribution >= 4 is 11.8 Å². The zero-order valence-corrected chi connectivity index (χ0v) is 13.0. The molecular formula is C15H24N4O2. The minimum atomic E-state index is -0.406. The first-order valence-corrected chi connectivity index (χ1v) is 7.67. The standard InChI is InChI=1S/C15H24N4O2/c1-4-11(3)19-9-6-12(17-19)10-18-8-7-14(20)16-13(5-2)15(18)21/h6,9,11,13H,4-5,7-8,10H2,1-3H3,(H,16,20). The summed E-state index contributed by atoms with van der Waals surface area (Å²) >= 11 is 0. The van der Waals surface area contributed by atoms with Crippen molar-refractivity contribution in [3.63, 3.8) is 0 Å². The van der Waals surface area contributed by atoms with E-state index < -0.39 is 6.04 Å². The fourth-order valence-corrected chi connectivity index (χ4v) is 2.42. The molecular weight excluding hydrogens is 268 g/mol. The summed E-state index contributed by atoms with van der Waals surface area (Å²) in [6, 6.07) is 1.89. The monoisotopic (exact) mass is 292 g/mol. The Balaban J connectivity index is 2.08. The van der Waals surface area contributed by atoms with Gasteiger partial charge in [0.1, 0.15) is 6.04 Å². The van der Waals surface area contributed by atoms with Crippen LogP contribution in [0.5, 0.6) is 0 Å². The van der Waals surface area contributed by atoms with E-state index in [2.05, 4.69) is 24.3 Å². The first kappa shape index (κ1) is 15.5. The van der Waals surface area contributed by atoms with E-state index in [-0.39, 0.29) is 11.8 Å². The molecule has 1 aliphatic heterocycles. The van der Waals surface area contributed by atoms with Gasteiger partial charge in [0.25, 0.3) is 0 Å². The molecule has 1 saturated heterocycles. The molecule has 1 aliphatic rings. The average Bonchev–Trinajstić information content (AvgIpc) is 2.90. The molecule has 0 radical (unpaired) electrons. The van der Waals surface area contributed by atoms with Crippen LogP contribution >= 0.6 is 0 Å². The van der Waals surface area contributed by atoms with Gasteiger partial charge in [-0.2, -0.15) is 5.10 Å². The highest BCUT2D eigenvalue weighted by Crippen LogP contribution is 2.13. The number of rotatable bonds is 5. The van der Waals surface area contributed by atoms with Crippen molar-refractivity contribution in [2.45, 2.75) is 58.7 Å². The third-order valence-electron chi connectivity index (χ3n) is 4.02. The molecule has 116 valence electrons. The first-order chi connectivity index (χ1) is 10.0. The maximum atomic E-state index is 12.4. The van der Waals surface area contributed by atoms with Gasteiger partial charge in [-0.25, -0.2) is 0 Å². The Labute approximate surface area is 125 Å². The van der Waals surface area contributed by atoms with Crippen molar-refractivity contribution in [2.24, 2.45) is 0 Å². The maximum Gasteiger partial charge on any atom is 0.245 e. The molecule has 0 aliphatic carbocycles. The Morgan fingerprint density at radius 3 is 2.86 bits per heavy atom. The van der Waals surface area contributed by atoms with Crippen molar-refractivity contribution in [1.82, 2.24) is 20.0 Å². The Kier molecular flexibility index (Phi) is 4.98. The highest BCUT2D eigenvalue weighted by atomic mass is 16.2. The lowest BCUT2D eigenvalue weighted by Gasteiger charge is -2.22. The number of carbonyl (C=O) groups is 2. The summed E-state index contributed by atoms with van der Waals surface area (Å²) in [5.41, 5.74) is 0.868. The van der Waals surface area contributed by atoms with Gasteiger partial charge >= 0.3 is 0 Å². The summed E-state index contributed by atoms with van der Waals surface area (Å²) in [4.78, 5) is 25.7. The molecule has 1 aromatic rings. The van der Waals surface area contributed by atoms with Crippen molar-refractivity contribution in [3.8, 4) is 0 Å². The second-order valence-corrected chi connectivity index (χ2v) is 5.58. The SMILES string of the molecule is CCC1NC(=O)CCN(Cc2ccn(C(C)CC)n2)C1=O. The van der Waals surface area contributed by atoms with E-state index in [4.69, 9.17) is 0 Å². The van der Waals surface area contributed by atoms with Gasteiger partial charge in [-0.3, -0.25) is 14.3 Å². The van der Waals surface area contributed by atoms with Crippen molar-refractivity contribution < 1.29 is 9.59 Å². The van der Waals surface area contributed by atoms with Crippen molar-refractivity contribution in [1.29, 1.82) is 0 Å². The van der Waals surface area contributed by atoms with Crippen molar-refractivity contribution in [3.05, 3.63) is 18.0 Å². The normalized spacial score (nSPS) is 21.1. The molecule has 21 heavy (non-hydrogen) atoms. The molecule has 2 unspecified atom stereocenters. The van der Waals surface area contributed by atoms with Crippen LogP contribution in [-0.4, -0.2) is 39.1 Å². The molecule has 0 bridgehead atoms. The topological polar surface area (TPSA) is 67.2 Å². The zero-order chi connectivity index (χ0) is 15.4. The quantitative estimate of drug-likeness (QED) is 0.894. The third kappa shape index (κ3) is 3.62. The summed E-state index contributed by atoms with van der Waals surface area (Å²) < 4.78 is 1.93. The number of aromatic nitrogens is 2. The Morgan fingerprint density at radius 2 is 2.19 bits per heavy atom. The predicted molar refractivity (Wildman–Crippen MR) is 79.5 cm³/mol. The van der Waals surface area contributed by atoms with E-state index in [0.717, 1.165) is 12.1 Å². The zero-order valence-electron chi connectivity index (χ0n) is 13.0. The molecule has 0 saturated carbocycles. The van der Waals surface area contributed by atoms with E-state index in [0.29, 0.717) is 32.0 Å². The fraction of sp³-hybridized carbons (Fsp3) is 0.667. The maximum absolute atomic E-state index is 12.4. The van der Waals surface area contributed by atoms with Crippen LogP contribution in [-0.2, 0) is 16.1 Å². The second kappa shape index (κ2) is 6.74. The van der Waals surface area contributed by atoms with Gasteiger partial charge < -0.3 is 10.2 Å². The van der Waals surface area contributed by atoms with Gasteiger partial charge in [-0.1, -0.05) is 13.8 Å². The Morgan fingerprint density at radius 1 is 1.43 bits per heavy atom. The van der Waals surface area contributed by atoms with Gasteiger partial charge in [-0.15, -0.1) is 0 Å². The number of amides is 2. The minimum absolute atomic E-state index is 0.0126. The van der Waals surface area contributed by atoms with Gasteiger partial charge in [0, 0.05) is 25.2 Å². The van der Waals surface area contributed by atoms with E-state index in [1.807, 2.05) is 23.9 Å². The lowest BCUT2D eigenvalue weighted by molar-refractivity contribution is -0.134. The highest BCUT2D eigenvalue weighted by molar-refractivity contribution is 5.89. The molecule has 1 fully saturated rings. The van der Waals surface area contributed by atoms with Crippen LogP contribution in [0.25, 0.3) is 0 Å². The minimum Gasteiger partial charge on any atom is -0.344 e. The van der Waals surface area contributed by atoms with Gasteiger partial charge in [-0.05, 0) is 25.8 Å². The average molecular weight is 292 g/mol. The highest BCUT2D eigenvalue weighted by Gasteiger charge is 2.28. The summed E-state index contributed by atoms with van der Waals surface area (Å²) in [6.07, 6.45) is 3.93. The largest absolute Gasteiger partial charge is 0.344 e. The molecule has 0 spiro atoms. The molecule has 2 heterocycles. The van der Waals surface area contributed by atoms with Gasteiger partial charge in [0.2, 0.25) is 11.8 Å². The molecule has 2 rings (SSSR count). The summed E-state index contributed by atoms with van der Waals surface area (Å²) in [6.45, 7) is 7.06. The summed E-state index contributed by atoms with van der Waals surface area (Å²) in [5.74, 6) is -0.0655. The molecule has 1 aromatic heterocycles. The van der Waals surface area contributed by atoms with E-state index in [9.17, 15) is 9.59 Å². The van der Waals surface area contributed by atoms with E-state index in [1.54, 1.807) is 4.90 Å². The molecule has 1 N–H and O–H groups in total. The predicted octanol–water partition coefficient (Wildman–Crippen LogP) is 1.48. The molecule has 0 aromatic carbocycles. The fourth-order valence-electron chi connectivity index (χ4n) is 2.42. The third-order valence-corrected chi connectivity index (χ3v) is 4.02. The number of nitrogens with zero attached hydrogens (tertiary/aromatic N) is 3. The Hall–Kier alpha value is -1.85. The van der Waals surface area contributed by atoms with Crippen LogP contribution in [0.4, 0.5) is 0 Å². The van der Waals surface area contributed by atoms with Crippen LogP contribution in [0, 0.1) is 0 Å². The molecule has 6 nitrogen and oxygen atoms in total. The smallest absolute Gasteiger partial charge is 0.245 e. The number of carbonyl (C=O) groups excluding carboxylic acids is 2. The summed E-state index contributed by atoms with van der Waals surface area (Å²) in [7, 11) is 0. The van der Waals surface area contributed by atoms with Crippen LogP contribution in [0.3, 0.4) is 0 Å². The lowest BCUT2D eigenvalue weighted by atomic mass is 10.2. The van der Waals surface area contributed by atoms with Gasteiger partial charge in [0.15, 0.2) is 0 Å². The second-order valence-electron chi connectivity index (χ2n) is 5.58. The number of hydrogen-bond acceptors (Lipinski definition) is 3. The van der Waals surface area contributed by atoms with Crippen LogP contribution in [0.2, 0.25) is 0 Å². The Bertz CT molecular complexity index is 512. The van der Waals surface area contributed by atoms with E-state index in [1.165, 1.54) is 0 Å². The first-order valence-electron chi connectivity index (χ1n) is 7.67. The summed E-state index contributed by atoms with van der Waals surface area (Å²) in [5, 5.41) is 7.30. The molecule has 2 amide bonds. The lowest BCUT2D eigenvalue weighted by Crippen LogP contribution is -2.44. The van der Waals surface area contributed by atoms with Gasteiger partial charge in [0.05, 0.1) is 12.2 Å². The number of nitrogens with one attached hydrogen (secondary N) is 1. The number of hydrogen-bond donors (Lipinski definition) is 1. The molecule has 6 heteroatoms. The van der Waals surface area contributed by atoms with Crippen LogP contribution in [0.15, 0.2) is 12.3 Å². The van der Waals surface area contributed by atoms with Crippen LogP contribution in [0.1, 0.15) is 51.8 Å².